The number of carbonyl (C=O) groups excluding carboxylic acids is 1. The molecule has 2 aromatic rings. The number of fused-ring (bicyclic) bond motifs is 1. The molecule has 0 saturated heterocycles. The van der Waals surface area contributed by atoms with Crippen molar-refractivity contribution in [3.05, 3.63) is 68.5 Å². The van der Waals surface area contributed by atoms with Crippen LogP contribution >= 0.6 is 23.2 Å². The van der Waals surface area contributed by atoms with Gasteiger partial charge in [-0.1, -0.05) is 41.4 Å². The van der Waals surface area contributed by atoms with Crippen LogP contribution < -0.4 is 0 Å². The Morgan fingerprint density at radius 3 is 2.38 bits per heavy atom. The molecule has 106 valence electrons. The molecule has 0 fully saturated rings. The van der Waals surface area contributed by atoms with Crippen molar-refractivity contribution in [2.45, 2.75) is 4.90 Å². The third-order valence-electron chi connectivity index (χ3n) is 3.18. The maximum absolute atomic E-state index is 12.4. The summed E-state index contributed by atoms with van der Waals surface area (Å²) in [5.74, 6) is -0.517. The summed E-state index contributed by atoms with van der Waals surface area (Å²) >= 11 is 11.8. The maximum Gasteiger partial charge on any atom is 0.211 e. The van der Waals surface area contributed by atoms with Crippen molar-refractivity contribution < 1.29 is 13.2 Å². The van der Waals surface area contributed by atoms with Gasteiger partial charge in [0.05, 0.1) is 4.90 Å². The molecule has 0 N–H and O–H groups in total. The zero-order valence-electron chi connectivity index (χ0n) is 10.5. The lowest BCUT2D eigenvalue weighted by molar-refractivity contribution is 0.104. The molecule has 3 nitrogen and oxygen atoms in total. The summed E-state index contributed by atoms with van der Waals surface area (Å²) in [6, 6.07) is 10.8. The Kier molecular flexibility index (Phi) is 3.40. The lowest BCUT2D eigenvalue weighted by Gasteiger charge is -2.01. The SMILES string of the molecule is O=C1/C(=C\c2ccc(Cl)cc2Cl)S(=O)(=O)c2ccccc21. The fourth-order valence-electron chi connectivity index (χ4n) is 2.16. The first-order valence-corrected chi connectivity index (χ1v) is 8.21. The highest BCUT2D eigenvalue weighted by Crippen LogP contribution is 2.36. The van der Waals surface area contributed by atoms with E-state index in [-0.39, 0.29) is 20.4 Å². The summed E-state index contributed by atoms with van der Waals surface area (Å²) in [6.07, 6.45) is 1.29. The van der Waals surface area contributed by atoms with Crippen LogP contribution in [0.25, 0.3) is 6.08 Å². The van der Waals surface area contributed by atoms with Gasteiger partial charge in [0.1, 0.15) is 4.91 Å². The molecule has 0 spiro atoms. The molecule has 0 atom stereocenters. The highest BCUT2D eigenvalue weighted by atomic mass is 35.5. The van der Waals surface area contributed by atoms with Gasteiger partial charge < -0.3 is 0 Å². The van der Waals surface area contributed by atoms with Crippen LogP contribution in [-0.4, -0.2) is 14.2 Å². The van der Waals surface area contributed by atoms with Gasteiger partial charge in [-0.05, 0) is 35.9 Å². The Labute approximate surface area is 131 Å². The first kappa shape index (κ1) is 14.3. The normalized spacial score (nSPS) is 18.0. The number of rotatable bonds is 1. The maximum atomic E-state index is 12.4. The second-order valence-electron chi connectivity index (χ2n) is 4.50. The fraction of sp³-hybridized carbons (Fsp3) is 0. The Morgan fingerprint density at radius 1 is 1.00 bits per heavy atom. The number of halogens is 2. The van der Waals surface area contributed by atoms with Crippen molar-refractivity contribution in [2.75, 3.05) is 0 Å². The molecule has 0 aromatic heterocycles. The molecule has 21 heavy (non-hydrogen) atoms. The van der Waals surface area contributed by atoms with Crippen LogP contribution in [0.4, 0.5) is 0 Å². The summed E-state index contributed by atoms with van der Waals surface area (Å²) in [6.45, 7) is 0. The second-order valence-corrected chi connectivity index (χ2v) is 7.23. The fourth-order valence-corrected chi connectivity index (χ4v) is 4.21. The third-order valence-corrected chi connectivity index (χ3v) is 5.56. The van der Waals surface area contributed by atoms with Crippen molar-refractivity contribution in [1.82, 2.24) is 0 Å². The van der Waals surface area contributed by atoms with E-state index >= 15 is 0 Å². The molecular formula is C15H8Cl2O3S. The molecule has 0 saturated carbocycles. The van der Waals surface area contributed by atoms with E-state index in [1.165, 1.54) is 24.3 Å². The Bertz CT molecular complexity index is 899. The molecule has 0 unspecified atom stereocenters. The van der Waals surface area contributed by atoms with Crippen molar-refractivity contribution >= 4 is 44.9 Å². The van der Waals surface area contributed by atoms with Crippen LogP contribution in [0.3, 0.4) is 0 Å². The summed E-state index contributed by atoms with van der Waals surface area (Å²) < 4.78 is 24.8. The predicted molar refractivity (Wildman–Crippen MR) is 82.4 cm³/mol. The van der Waals surface area contributed by atoms with Crippen molar-refractivity contribution in [3.63, 3.8) is 0 Å². The van der Waals surface area contributed by atoms with E-state index in [0.717, 1.165) is 0 Å². The van der Waals surface area contributed by atoms with E-state index in [1.807, 2.05) is 0 Å². The highest BCUT2D eigenvalue weighted by molar-refractivity contribution is 7.97. The van der Waals surface area contributed by atoms with Crippen LogP contribution in [0.1, 0.15) is 15.9 Å². The molecule has 6 heteroatoms. The Morgan fingerprint density at radius 2 is 1.71 bits per heavy atom. The van der Waals surface area contributed by atoms with Gasteiger partial charge in [0.25, 0.3) is 0 Å². The largest absolute Gasteiger partial charge is 0.288 e. The van der Waals surface area contributed by atoms with Crippen LogP contribution in [0.5, 0.6) is 0 Å². The van der Waals surface area contributed by atoms with E-state index in [9.17, 15) is 13.2 Å². The lowest BCUT2D eigenvalue weighted by atomic mass is 10.1. The number of hydrogen-bond donors (Lipinski definition) is 0. The van der Waals surface area contributed by atoms with Crippen molar-refractivity contribution in [3.8, 4) is 0 Å². The number of ketones is 1. The van der Waals surface area contributed by atoms with Gasteiger partial charge in [0.15, 0.2) is 0 Å². The molecular weight excluding hydrogens is 331 g/mol. The predicted octanol–water partition coefficient (Wildman–Crippen LogP) is 4.00. The van der Waals surface area contributed by atoms with E-state index in [1.54, 1.807) is 24.3 Å². The average Bonchev–Trinajstić information content (AvgIpc) is 2.63. The monoisotopic (exact) mass is 338 g/mol. The Hall–Kier alpha value is -1.62. The summed E-state index contributed by atoms with van der Waals surface area (Å²) in [5.41, 5.74) is 0.620. The molecule has 1 heterocycles. The highest BCUT2D eigenvalue weighted by Gasteiger charge is 2.38. The molecule has 0 aliphatic carbocycles. The molecule has 1 aliphatic heterocycles. The molecule has 3 rings (SSSR count). The number of sulfone groups is 1. The summed E-state index contributed by atoms with van der Waals surface area (Å²) in [4.78, 5) is 12.0. The first-order chi connectivity index (χ1) is 9.91. The first-order valence-electron chi connectivity index (χ1n) is 5.97. The molecule has 0 amide bonds. The number of Topliss-reactive ketones (excluding diaryl/α,β-unsaturated/α-hetero) is 1. The standard InChI is InChI=1S/C15H8Cl2O3S/c16-10-6-5-9(12(17)8-10)7-14-15(18)11-3-1-2-4-13(11)21(14,19)20/h1-8H/b14-7+. The quantitative estimate of drug-likeness (QED) is 0.738. The van der Waals surface area contributed by atoms with Gasteiger partial charge >= 0.3 is 0 Å². The van der Waals surface area contributed by atoms with Crippen molar-refractivity contribution in [1.29, 1.82) is 0 Å². The third kappa shape index (κ3) is 2.29. The van der Waals surface area contributed by atoms with E-state index in [2.05, 4.69) is 0 Å². The van der Waals surface area contributed by atoms with Gasteiger partial charge in [-0.3, -0.25) is 4.79 Å². The summed E-state index contributed by atoms with van der Waals surface area (Å²) in [5, 5.41) is 0.722. The van der Waals surface area contributed by atoms with Gasteiger partial charge in [-0.15, -0.1) is 0 Å². The zero-order chi connectivity index (χ0) is 15.2. The molecule has 0 radical (unpaired) electrons. The number of hydrogen-bond acceptors (Lipinski definition) is 3. The second kappa shape index (κ2) is 4.98. The van der Waals surface area contributed by atoms with Gasteiger partial charge in [0.2, 0.25) is 15.6 Å². The lowest BCUT2D eigenvalue weighted by Crippen LogP contribution is -2.02. The zero-order valence-corrected chi connectivity index (χ0v) is 12.8. The van der Waals surface area contributed by atoms with E-state index in [0.29, 0.717) is 10.6 Å². The van der Waals surface area contributed by atoms with Gasteiger partial charge in [0, 0.05) is 15.6 Å². The number of carbonyl (C=O) groups is 1. The van der Waals surface area contributed by atoms with Crippen LogP contribution in [-0.2, 0) is 9.84 Å². The minimum absolute atomic E-state index is 0.0336. The van der Waals surface area contributed by atoms with Crippen LogP contribution in [0.15, 0.2) is 52.3 Å². The Balaban J connectivity index is 2.21. The number of allylic oxidation sites excluding steroid dienone is 1. The summed E-state index contributed by atoms with van der Waals surface area (Å²) in [7, 11) is -3.80. The van der Waals surface area contributed by atoms with Crippen LogP contribution in [0, 0.1) is 0 Å². The average molecular weight is 339 g/mol. The molecule has 1 aliphatic rings. The topological polar surface area (TPSA) is 51.2 Å². The van der Waals surface area contributed by atoms with Gasteiger partial charge in [-0.2, -0.15) is 0 Å². The van der Waals surface area contributed by atoms with Crippen molar-refractivity contribution in [2.24, 2.45) is 0 Å². The smallest absolute Gasteiger partial charge is 0.211 e. The van der Waals surface area contributed by atoms with Gasteiger partial charge in [-0.25, -0.2) is 8.42 Å². The number of benzene rings is 2. The van der Waals surface area contributed by atoms with E-state index in [4.69, 9.17) is 23.2 Å². The molecule has 2 aromatic carbocycles. The minimum Gasteiger partial charge on any atom is -0.288 e. The van der Waals surface area contributed by atoms with Crippen LogP contribution in [0.2, 0.25) is 10.0 Å². The van der Waals surface area contributed by atoms with E-state index < -0.39 is 15.6 Å². The minimum atomic E-state index is -3.80. The molecule has 0 bridgehead atoms.